The van der Waals surface area contributed by atoms with Crippen LogP contribution >= 0.6 is 0 Å². The van der Waals surface area contributed by atoms with Crippen LogP contribution in [0.5, 0.6) is 11.6 Å². The first kappa shape index (κ1) is 33.8. The molecule has 50 heavy (non-hydrogen) atoms. The Morgan fingerprint density at radius 3 is 2.54 bits per heavy atom. The van der Waals surface area contributed by atoms with Gasteiger partial charge in [-0.1, -0.05) is 48.5 Å². The number of hydrogen-bond donors (Lipinski definition) is 3. The van der Waals surface area contributed by atoms with Crippen molar-refractivity contribution < 1.29 is 28.9 Å². The average Bonchev–Trinajstić information content (AvgIpc) is 3.48. The third-order valence-corrected chi connectivity index (χ3v) is 8.24. The van der Waals surface area contributed by atoms with E-state index in [2.05, 4.69) is 14.9 Å². The number of nitriles is 1. The fraction of sp³-hybridized carbons (Fsp3) is 0.179. The van der Waals surface area contributed by atoms with E-state index in [1.807, 2.05) is 48.5 Å². The van der Waals surface area contributed by atoms with Crippen LogP contribution in [0.25, 0.3) is 22.3 Å². The van der Waals surface area contributed by atoms with Crippen molar-refractivity contribution in [1.82, 2.24) is 19.9 Å². The number of ether oxygens (including phenoxy) is 2. The maximum Gasteiger partial charge on any atom is 0.251 e. The Labute approximate surface area is 288 Å². The Balaban J connectivity index is 1.14. The molecule has 11 heteroatoms. The van der Waals surface area contributed by atoms with Gasteiger partial charge in [-0.15, -0.1) is 0 Å². The van der Waals surface area contributed by atoms with Gasteiger partial charge in [-0.05, 0) is 59.7 Å². The summed E-state index contributed by atoms with van der Waals surface area (Å²) in [5, 5.41) is 31.7. The van der Waals surface area contributed by atoms with Crippen LogP contribution in [0.2, 0.25) is 0 Å². The lowest BCUT2D eigenvalue weighted by Gasteiger charge is -2.12. The van der Waals surface area contributed by atoms with Crippen LogP contribution in [-0.2, 0) is 24.3 Å². The molecule has 1 unspecified atom stereocenters. The smallest absolute Gasteiger partial charge is 0.251 e. The molecule has 0 aliphatic carbocycles. The molecule has 0 aliphatic rings. The second-order valence-electron chi connectivity index (χ2n) is 11.6. The number of hydrogen-bond acceptors (Lipinski definition) is 8. The van der Waals surface area contributed by atoms with E-state index >= 15 is 0 Å². The van der Waals surface area contributed by atoms with Gasteiger partial charge in [0.05, 0.1) is 41.1 Å². The first-order valence-corrected chi connectivity index (χ1v) is 15.9. The number of carbonyl (C=O) groups is 1. The van der Waals surface area contributed by atoms with Crippen molar-refractivity contribution in [2.24, 2.45) is 0 Å². The molecule has 0 fully saturated rings. The van der Waals surface area contributed by atoms with Gasteiger partial charge in [0, 0.05) is 49.4 Å². The zero-order valence-corrected chi connectivity index (χ0v) is 27.2. The van der Waals surface area contributed by atoms with Crippen LogP contribution < -0.4 is 10.1 Å². The van der Waals surface area contributed by atoms with E-state index in [1.54, 1.807) is 43.5 Å². The number of phenols is 1. The van der Waals surface area contributed by atoms with E-state index in [1.165, 1.54) is 24.3 Å². The molecule has 0 bridgehead atoms. The number of imidazole rings is 1. The van der Waals surface area contributed by atoms with Crippen LogP contribution in [0.4, 0.5) is 4.39 Å². The molecule has 3 N–H and O–H groups in total. The monoisotopic (exact) mass is 671 g/mol. The number of carbonyl (C=O) groups excluding carboxylic acids is 1. The molecule has 1 amide bonds. The third-order valence-electron chi connectivity index (χ3n) is 8.24. The maximum absolute atomic E-state index is 14.3. The van der Waals surface area contributed by atoms with Crippen molar-refractivity contribution >= 4 is 16.9 Å². The van der Waals surface area contributed by atoms with Crippen LogP contribution in [-0.4, -0.2) is 50.9 Å². The van der Waals surface area contributed by atoms with Gasteiger partial charge < -0.3 is 29.6 Å². The number of pyridine rings is 1. The van der Waals surface area contributed by atoms with Crippen LogP contribution in [0.3, 0.4) is 0 Å². The third kappa shape index (κ3) is 7.95. The van der Waals surface area contributed by atoms with Crippen LogP contribution in [0, 0.1) is 17.1 Å². The second kappa shape index (κ2) is 15.4. The highest BCUT2D eigenvalue weighted by atomic mass is 19.1. The normalized spacial score (nSPS) is 11.6. The van der Waals surface area contributed by atoms with Crippen LogP contribution in [0.15, 0.2) is 103 Å². The predicted molar refractivity (Wildman–Crippen MR) is 185 cm³/mol. The molecule has 252 valence electrons. The van der Waals surface area contributed by atoms with Crippen LogP contribution in [0.1, 0.15) is 44.5 Å². The average molecular weight is 672 g/mol. The number of nitrogens with one attached hydrogen (secondary N) is 1. The van der Waals surface area contributed by atoms with E-state index in [0.717, 1.165) is 22.5 Å². The maximum atomic E-state index is 14.3. The SMILES string of the molecule is COCCn1c(Cc2ccc(-c3cccc(OCc4ccc(C#N)cc4F)n3)cc2)nc2cc(C(=O)NCC(O)c3ccc(O)cc3)ccc21. The van der Waals surface area contributed by atoms with Gasteiger partial charge in [0.15, 0.2) is 0 Å². The summed E-state index contributed by atoms with van der Waals surface area (Å²) in [7, 11) is 1.64. The second-order valence-corrected chi connectivity index (χ2v) is 11.6. The minimum absolute atomic E-state index is 0.0105. The summed E-state index contributed by atoms with van der Waals surface area (Å²) in [6.07, 6.45) is -0.389. The summed E-state index contributed by atoms with van der Waals surface area (Å²) in [6.45, 7) is 1.05. The van der Waals surface area contributed by atoms with Gasteiger partial charge in [-0.3, -0.25) is 4.79 Å². The number of aromatic hydroxyl groups is 1. The molecule has 0 spiro atoms. The van der Waals surface area contributed by atoms with E-state index in [0.29, 0.717) is 53.4 Å². The van der Waals surface area contributed by atoms with Gasteiger partial charge >= 0.3 is 0 Å². The fourth-order valence-corrected chi connectivity index (χ4v) is 5.51. The fourth-order valence-electron chi connectivity index (χ4n) is 5.51. The number of benzene rings is 4. The zero-order chi connectivity index (χ0) is 35.0. The summed E-state index contributed by atoms with van der Waals surface area (Å²) in [5.41, 5.74) is 5.72. The first-order valence-electron chi connectivity index (χ1n) is 15.9. The standard InChI is InChI=1S/C39H34FN5O5/c1-49-18-17-45-35-16-13-29(39(48)42-23-36(47)28-11-14-31(46)15-12-28)21-34(35)43-37(45)20-25-5-8-27(9-6-25)33-3-2-4-38(44-33)50-24-30-10-7-26(22-41)19-32(30)40/h2-16,19,21,36,46-47H,17-18,20,23-24H2,1H3,(H,42,48). The molecular weight excluding hydrogens is 637 g/mol. The number of fused-ring (bicyclic) bond motifs is 1. The van der Waals surface area contributed by atoms with Crippen molar-refractivity contribution in [3.8, 4) is 29.0 Å². The lowest BCUT2D eigenvalue weighted by atomic mass is 10.1. The topological polar surface area (TPSA) is 143 Å². The van der Waals surface area contributed by atoms with Crippen molar-refractivity contribution in [2.45, 2.75) is 25.7 Å². The Kier molecular flexibility index (Phi) is 10.4. The summed E-state index contributed by atoms with van der Waals surface area (Å²) in [6, 6.07) is 31.1. The Bertz CT molecular complexity index is 2160. The molecule has 0 saturated heterocycles. The Hall–Kier alpha value is -6.09. The number of aromatic nitrogens is 3. The minimum atomic E-state index is -0.923. The molecule has 2 heterocycles. The number of phenolic OH excluding ortho intramolecular Hbond substituents is 1. The molecule has 10 nitrogen and oxygen atoms in total. The van der Waals surface area contributed by atoms with Gasteiger partial charge in [0.25, 0.3) is 5.91 Å². The van der Waals surface area contributed by atoms with E-state index in [-0.39, 0.29) is 30.4 Å². The number of rotatable bonds is 13. The molecule has 4 aromatic carbocycles. The van der Waals surface area contributed by atoms with Gasteiger partial charge in [-0.2, -0.15) is 5.26 Å². The quantitative estimate of drug-likeness (QED) is 0.134. The van der Waals surface area contributed by atoms with Crippen molar-refractivity contribution in [3.63, 3.8) is 0 Å². The summed E-state index contributed by atoms with van der Waals surface area (Å²) in [4.78, 5) is 22.5. The number of amides is 1. The lowest BCUT2D eigenvalue weighted by Crippen LogP contribution is -2.28. The highest BCUT2D eigenvalue weighted by Crippen LogP contribution is 2.25. The van der Waals surface area contributed by atoms with Crippen molar-refractivity contribution in [2.75, 3.05) is 20.3 Å². The number of halogens is 1. The van der Waals surface area contributed by atoms with Gasteiger partial charge in [0.1, 0.15) is 24.0 Å². The number of aliphatic hydroxyl groups excluding tert-OH is 1. The molecule has 0 radical (unpaired) electrons. The summed E-state index contributed by atoms with van der Waals surface area (Å²) in [5.74, 6) is 0.425. The molecular formula is C39H34FN5O5. The van der Waals surface area contributed by atoms with Gasteiger partial charge in [-0.25, -0.2) is 14.4 Å². The largest absolute Gasteiger partial charge is 0.508 e. The van der Waals surface area contributed by atoms with Gasteiger partial charge in [0.2, 0.25) is 5.88 Å². The highest BCUT2D eigenvalue weighted by molar-refractivity contribution is 5.97. The zero-order valence-electron chi connectivity index (χ0n) is 27.2. The Morgan fingerprint density at radius 1 is 1.00 bits per heavy atom. The molecule has 0 aliphatic heterocycles. The number of nitrogens with zero attached hydrogens (tertiary/aromatic N) is 4. The van der Waals surface area contributed by atoms with Crippen molar-refractivity contribution in [3.05, 3.63) is 143 Å². The molecule has 2 aromatic heterocycles. The number of aliphatic hydroxyl groups is 1. The first-order chi connectivity index (χ1) is 24.3. The predicted octanol–water partition coefficient (Wildman–Crippen LogP) is 6.09. The molecule has 1 atom stereocenters. The summed E-state index contributed by atoms with van der Waals surface area (Å²) < 4.78 is 27.5. The molecule has 6 rings (SSSR count). The Morgan fingerprint density at radius 2 is 1.80 bits per heavy atom. The van der Waals surface area contributed by atoms with E-state index < -0.39 is 11.9 Å². The summed E-state index contributed by atoms with van der Waals surface area (Å²) >= 11 is 0. The van der Waals surface area contributed by atoms with E-state index in [9.17, 15) is 19.4 Å². The molecule has 0 saturated carbocycles. The van der Waals surface area contributed by atoms with Crippen molar-refractivity contribution in [1.29, 1.82) is 5.26 Å². The lowest BCUT2D eigenvalue weighted by molar-refractivity contribution is 0.0916. The minimum Gasteiger partial charge on any atom is -0.508 e. The highest BCUT2D eigenvalue weighted by Gasteiger charge is 2.16. The van der Waals surface area contributed by atoms with E-state index in [4.69, 9.17) is 19.7 Å². The molecule has 6 aromatic rings. The number of methoxy groups -OCH3 is 1.